The molecule has 0 saturated carbocycles. The molecule has 7 nitrogen and oxygen atoms in total. The normalized spacial score (nSPS) is 13.9. The van der Waals surface area contributed by atoms with Crippen LogP contribution >= 0.6 is 0 Å². The molecular formula is C18H16N4O3. The van der Waals surface area contributed by atoms with Crippen molar-refractivity contribution in [2.45, 2.75) is 6.54 Å². The van der Waals surface area contributed by atoms with Crippen molar-refractivity contribution in [3.8, 4) is 0 Å². The van der Waals surface area contributed by atoms with Crippen molar-refractivity contribution in [1.82, 2.24) is 14.7 Å². The van der Waals surface area contributed by atoms with Crippen LogP contribution in [0, 0.1) is 0 Å². The number of rotatable bonds is 4. The molecule has 4 rings (SSSR count). The highest BCUT2D eigenvalue weighted by Gasteiger charge is 2.23. The maximum absolute atomic E-state index is 12.3. The number of anilines is 1. The first-order valence-corrected chi connectivity index (χ1v) is 7.96. The maximum Gasteiger partial charge on any atom is 0.414 e. The topological polar surface area (TPSA) is 75.9 Å². The van der Waals surface area contributed by atoms with E-state index < -0.39 is 0 Å². The molecule has 0 atom stereocenters. The van der Waals surface area contributed by atoms with Gasteiger partial charge in [-0.25, -0.2) is 9.78 Å². The van der Waals surface area contributed by atoms with Crippen LogP contribution < -0.4 is 10.2 Å². The van der Waals surface area contributed by atoms with Gasteiger partial charge in [0.05, 0.1) is 6.54 Å². The van der Waals surface area contributed by atoms with E-state index in [1.165, 1.54) is 0 Å². The van der Waals surface area contributed by atoms with Crippen molar-refractivity contribution in [3.63, 3.8) is 0 Å². The van der Waals surface area contributed by atoms with Gasteiger partial charge in [-0.2, -0.15) is 0 Å². The predicted octanol–water partition coefficient (Wildman–Crippen LogP) is 2.22. The summed E-state index contributed by atoms with van der Waals surface area (Å²) in [6, 6.07) is 13.1. The summed E-state index contributed by atoms with van der Waals surface area (Å²) in [5.74, 6) is -0.241. The molecule has 2 amide bonds. The van der Waals surface area contributed by atoms with Gasteiger partial charge in [0, 0.05) is 24.6 Å². The number of amides is 2. The second kappa shape index (κ2) is 6.27. The Morgan fingerprint density at radius 3 is 2.96 bits per heavy atom. The lowest BCUT2D eigenvalue weighted by Gasteiger charge is -2.14. The molecule has 2 aromatic heterocycles. The SMILES string of the molecule is O=C(NCc1cccc(N2CCOC2=O)c1)c1cn2ccccc2n1. The first-order valence-electron chi connectivity index (χ1n) is 7.96. The third kappa shape index (κ3) is 3.03. The first-order chi connectivity index (χ1) is 12.2. The van der Waals surface area contributed by atoms with E-state index in [1.54, 1.807) is 15.5 Å². The van der Waals surface area contributed by atoms with Gasteiger partial charge < -0.3 is 14.5 Å². The minimum absolute atomic E-state index is 0.241. The zero-order valence-corrected chi connectivity index (χ0v) is 13.4. The second-order valence-electron chi connectivity index (χ2n) is 5.71. The number of hydrogen-bond acceptors (Lipinski definition) is 4. The van der Waals surface area contributed by atoms with Gasteiger partial charge >= 0.3 is 6.09 Å². The van der Waals surface area contributed by atoms with Crippen molar-refractivity contribution >= 4 is 23.3 Å². The number of nitrogens with one attached hydrogen (secondary N) is 1. The van der Waals surface area contributed by atoms with E-state index in [1.807, 2.05) is 48.7 Å². The predicted molar refractivity (Wildman–Crippen MR) is 91.5 cm³/mol. The summed E-state index contributed by atoms with van der Waals surface area (Å²) in [5.41, 5.74) is 2.75. The fourth-order valence-corrected chi connectivity index (χ4v) is 2.78. The lowest BCUT2D eigenvalue weighted by molar-refractivity contribution is 0.0946. The average molecular weight is 336 g/mol. The lowest BCUT2D eigenvalue weighted by atomic mass is 10.2. The molecule has 25 heavy (non-hydrogen) atoms. The number of ether oxygens (including phenoxy) is 1. The fourth-order valence-electron chi connectivity index (χ4n) is 2.78. The molecule has 1 aliphatic rings. The largest absolute Gasteiger partial charge is 0.447 e. The van der Waals surface area contributed by atoms with Crippen LogP contribution in [-0.4, -0.2) is 34.5 Å². The van der Waals surface area contributed by atoms with Crippen molar-refractivity contribution in [1.29, 1.82) is 0 Å². The van der Waals surface area contributed by atoms with E-state index in [0.717, 1.165) is 16.9 Å². The third-order valence-electron chi connectivity index (χ3n) is 4.03. The number of fused-ring (bicyclic) bond motifs is 1. The van der Waals surface area contributed by atoms with E-state index in [4.69, 9.17) is 4.74 Å². The smallest absolute Gasteiger partial charge is 0.414 e. The number of carbonyl (C=O) groups is 2. The van der Waals surface area contributed by atoms with Crippen LogP contribution in [0.5, 0.6) is 0 Å². The number of benzene rings is 1. The standard InChI is InChI=1S/C18H16N4O3/c23-17(15-12-21-7-2-1-6-16(21)20-15)19-11-13-4-3-5-14(10-13)22-8-9-25-18(22)24/h1-7,10,12H,8-9,11H2,(H,19,23). The van der Waals surface area contributed by atoms with Crippen LogP contribution in [0.15, 0.2) is 54.9 Å². The Labute approximate surface area is 143 Å². The molecular weight excluding hydrogens is 320 g/mol. The maximum atomic E-state index is 12.3. The highest BCUT2D eigenvalue weighted by molar-refractivity contribution is 5.93. The van der Waals surface area contributed by atoms with E-state index in [2.05, 4.69) is 10.3 Å². The number of carbonyl (C=O) groups excluding carboxylic acids is 2. The molecule has 7 heteroatoms. The van der Waals surface area contributed by atoms with Crippen LogP contribution in [0.4, 0.5) is 10.5 Å². The molecule has 3 aromatic rings. The lowest BCUT2D eigenvalue weighted by Crippen LogP contribution is -2.25. The molecule has 1 aliphatic heterocycles. The monoisotopic (exact) mass is 336 g/mol. The summed E-state index contributed by atoms with van der Waals surface area (Å²) in [6.45, 7) is 1.28. The molecule has 0 spiro atoms. The van der Waals surface area contributed by atoms with E-state index in [9.17, 15) is 9.59 Å². The Hall–Kier alpha value is -3.35. The number of aromatic nitrogens is 2. The summed E-state index contributed by atoms with van der Waals surface area (Å²) in [5, 5.41) is 2.86. The average Bonchev–Trinajstić information content (AvgIpc) is 3.26. The van der Waals surface area contributed by atoms with Gasteiger partial charge in [0.2, 0.25) is 0 Å². The van der Waals surface area contributed by atoms with Crippen molar-refractivity contribution in [3.05, 3.63) is 66.1 Å². The molecule has 0 radical (unpaired) electrons. The van der Waals surface area contributed by atoms with E-state index in [0.29, 0.717) is 25.4 Å². The summed E-state index contributed by atoms with van der Waals surface area (Å²) < 4.78 is 6.75. The van der Waals surface area contributed by atoms with Crippen LogP contribution in [0.2, 0.25) is 0 Å². The van der Waals surface area contributed by atoms with Gasteiger partial charge in [0.25, 0.3) is 5.91 Å². The van der Waals surface area contributed by atoms with Crippen molar-refractivity contribution in [2.75, 3.05) is 18.1 Å². The minimum Gasteiger partial charge on any atom is -0.447 e. The van der Waals surface area contributed by atoms with E-state index >= 15 is 0 Å². The minimum atomic E-state index is -0.342. The molecule has 1 N–H and O–H groups in total. The van der Waals surface area contributed by atoms with E-state index in [-0.39, 0.29) is 12.0 Å². The van der Waals surface area contributed by atoms with Gasteiger partial charge in [-0.05, 0) is 29.8 Å². The molecule has 0 aliphatic carbocycles. The Morgan fingerprint density at radius 1 is 1.24 bits per heavy atom. The fraction of sp³-hybridized carbons (Fsp3) is 0.167. The summed E-state index contributed by atoms with van der Waals surface area (Å²) in [4.78, 5) is 29.8. The number of imidazole rings is 1. The molecule has 0 bridgehead atoms. The summed E-state index contributed by atoms with van der Waals surface area (Å²) in [6.07, 6.45) is 3.20. The number of cyclic esters (lactones) is 1. The first kappa shape index (κ1) is 15.2. The molecule has 3 heterocycles. The van der Waals surface area contributed by atoms with Crippen LogP contribution in [0.25, 0.3) is 5.65 Å². The third-order valence-corrected chi connectivity index (χ3v) is 4.03. The summed E-state index contributed by atoms with van der Waals surface area (Å²) in [7, 11) is 0. The van der Waals surface area contributed by atoms with Crippen LogP contribution in [0.1, 0.15) is 16.1 Å². The Balaban J connectivity index is 1.45. The zero-order chi connectivity index (χ0) is 17.2. The molecule has 0 unspecified atom stereocenters. The summed E-state index contributed by atoms with van der Waals surface area (Å²) >= 11 is 0. The Kier molecular flexibility index (Phi) is 3.81. The van der Waals surface area contributed by atoms with Gasteiger partial charge in [-0.3, -0.25) is 9.69 Å². The van der Waals surface area contributed by atoms with Gasteiger partial charge in [0.1, 0.15) is 17.9 Å². The highest BCUT2D eigenvalue weighted by atomic mass is 16.6. The molecule has 1 fully saturated rings. The molecule has 1 aromatic carbocycles. The van der Waals surface area contributed by atoms with Gasteiger partial charge in [-0.1, -0.05) is 18.2 Å². The Morgan fingerprint density at radius 2 is 2.16 bits per heavy atom. The number of pyridine rings is 1. The molecule has 126 valence electrons. The second-order valence-corrected chi connectivity index (χ2v) is 5.71. The van der Waals surface area contributed by atoms with Crippen LogP contribution in [0.3, 0.4) is 0 Å². The van der Waals surface area contributed by atoms with Gasteiger partial charge in [0.15, 0.2) is 0 Å². The number of hydrogen-bond donors (Lipinski definition) is 1. The van der Waals surface area contributed by atoms with Gasteiger partial charge in [-0.15, -0.1) is 0 Å². The quantitative estimate of drug-likeness (QED) is 0.793. The zero-order valence-electron chi connectivity index (χ0n) is 13.4. The van der Waals surface area contributed by atoms with Crippen LogP contribution in [-0.2, 0) is 11.3 Å². The number of nitrogens with zero attached hydrogens (tertiary/aromatic N) is 3. The molecule has 1 saturated heterocycles. The van der Waals surface area contributed by atoms with Crippen molar-refractivity contribution < 1.29 is 14.3 Å². The Bertz CT molecular complexity index is 917. The highest BCUT2D eigenvalue weighted by Crippen LogP contribution is 2.20. The van der Waals surface area contributed by atoms with Crippen molar-refractivity contribution in [2.24, 2.45) is 0 Å².